The number of carbonyl (C=O) groups is 1. The summed E-state index contributed by atoms with van der Waals surface area (Å²) in [6, 6.07) is 18.7. The van der Waals surface area contributed by atoms with E-state index in [9.17, 15) is 13.2 Å². The van der Waals surface area contributed by atoms with Gasteiger partial charge in [-0.15, -0.1) is 0 Å². The number of fused-ring (bicyclic) bond motifs is 3. The number of nitrogens with zero attached hydrogens (tertiary/aromatic N) is 2. The molecule has 7 nitrogen and oxygen atoms in total. The zero-order chi connectivity index (χ0) is 26.2. The van der Waals surface area contributed by atoms with Crippen LogP contribution < -0.4 is 10.1 Å². The summed E-state index contributed by atoms with van der Waals surface area (Å²) in [5.74, 6) is -0.185. The van der Waals surface area contributed by atoms with E-state index in [-0.39, 0.29) is 22.4 Å². The van der Waals surface area contributed by atoms with Gasteiger partial charge in [-0.1, -0.05) is 29.8 Å². The molecule has 4 aromatic rings. The minimum absolute atomic E-state index is 0.0970. The first kappa shape index (κ1) is 25.6. The topological polar surface area (TPSA) is 80.6 Å². The van der Waals surface area contributed by atoms with Gasteiger partial charge in [-0.3, -0.25) is 4.79 Å². The minimum Gasteiger partial charge on any atom is -0.492 e. The number of aryl methyl sites for hydroxylation is 1. The van der Waals surface area contributed by atoms with E-state index in [0.29, 0.717) is 37.4 Å². The molecule has 1 fully saturated rings. The van der Waals surface area contributed by atoms with Crippen LogP contribution in [0.1, 0.15) is 26.7 Å². The number of nitrogens with one attached hydrogen (secondary N) is 1. The number of hydrogen-bond acceptors (Lipinski definition) is 4. The predicted molar refractivity (Wildman–Crippen MR) is 148 cm³/mol. The summed E-state index contributed by atoms with van der Waals surface area (Å²) in [4.78, 5) is 13.3. The lowest BCUT2D eigenvalue weighted by Gasteiger charge is -2.31. The maximum absolute atomic E-state index is 13.3. The summed E-state index contributed by atoms with van der Waals surface area (Å²) >= 11 is 6.24. The van der Waals surface area contributed by atoms with E-state index in [1.165, 1.54) is 16.4 Å². The molecule has 1 atom stereocenters. The van der Waals surface area contributed by atoms with Crippen molar-refractivity contribution in [2.75, 3.05) is 25.0 Å². The van der Waals surface area contributed by atoms with Crippen LogP contribution in [0.15, 0.2) is 65.6 Å². The van der Waals surface area contributed by atoms with E-state index >= 15 is 0 Å². The number of ether oxygens (including phenoxy) is 1. The molecular weight excluding hydrogens is 510 g/mol. The van der Waals surface area contributed by atoms with Crippen LogP contribution in [-0.4, -0.2) is 42.9 Å². The Balaban J connectivity index is 1.35. The fraction of sp³-hybridized carbons (Fsp3) is 0.321. The summed E-state index contributed by atoms with van der Waals surface area (Å²) in [7, 11) is -3.80. The minimum atomic E-state index is -3.80. The Hall–Kier alpha value is -3.07. The highest BCUT2D eigenvalue weighted by molar-refractivity contribution is 7.89. The lowest BCUT2D eigenvalue weighted by Crippen LogP contribution is -2.43. The van der Waals surface area contributed by atoms with Gasteiger partial charge in [0.25, 0.3) is 0 Å². The van der Waals surface area contributed by atoms with E-state index in [4.69, 9.17) is 16.3 Å². The molecule has 0 saturated carbocycles. The molecule has 9 heteroatoms. The molecular formula is C28H30ClN3O4S. The molecule has 0 radical (unpaired) electrons. The number of sulfonamides is 1. The first-order valence-corrected chi connectivity index (χ1v) is 14.4. The van der Waals surface area contributed by atoms with E-state index in [0.717, 1.165) is 28.4 Å². The average molecular weight is 540 g/mol. The van der Waals surface area contributed by atoms with E-state index in [1.54, 1.807) is 6.07 Å². The van der Waals surface area contributed by atoms with Crippen molar-refractivity contribution >= 4 is 55.0 Å². The zero-order valence-electron chi connectivity index (χ0n) is 20.9. The number of aromatic nitrogens is 1. The van der Waals surface area contributed by atoms with Crippen molar-refractivity contribution in [1.82, 2.24) is 8.87 Å². The number of amides is 1. The highest BCUT2D eigenvalue weighted by Crippen LogP contribution is 2.33. The Kier molecular flexibility index (Phi) is 7.16. The molecule has 1 aliphatic rings. The lowest BCUT2D eigenvalue weighted by molar-refractivity contribution is -0.120. The smallest absolute Gasteiger partial charge is 0.243 e. The first-order valence-electron chi connectivity index (χ1n) is 12.6. The second-order valence-corrected chi connectivity index (χ2v) is 11.6. The number of para-hydroxylation sites is 1. The monoisotopic (exact) mass is 539 g/mol. The summed E-state index contributed by atoms with van der Waals surface area (Å²) in [5, 5.41) is 5.49. The lowest BCUT2D eigenvalue weighted by atomic mass is 9.98. The third-order valence-corrected chi connectivity index (χ3v) is 9.11. The SMILES string of the molecule is CCOc1ccc(S(=O)(=O)N2CCC[C@@H](C(=O)Nc3ccc4c(c3)c3ccccc3n4CC)C2)cc1Cl. The van der Waals surface area contributed by atoms with Crippen molar-refractivity contribution in [1.29, 1.82) is 0 Å². The van der Waals surface area contributed by atoms with Crippen molar-refractivity contribution < 1.29 is 17.9 Å². The Morgan fingerprint density at radius 1 is 1.05 bits per heavy atom. The molecule has 0 aliphatic carbocycles. The maximum Gasteiger partial charge on any atom is 0.243 e. The van der Waals surface area contributed by atoms with Crippen LogP contribution in [0.25, 0.3) is 21.8 Å². The van der Waals surface area contributed by atoms with Crippen LogP contribution in [0.2, 0.25) is 5.02 Å². The second-order valence-electron chi connectivity index (χ2n) is 9.21. The highest BCUT2D eigenvalue weighted by Gasteiger charge is 2.33. The molecule has 1 amide bonds. The van der Waals surface area contributed by atoms with E-state index in [1.807, 2.05) is 37.3 Å². The molecule has 194 valence electrons. The van der Waals surface area contributed by atoms with Gasteiger partial charge in [0, 0.05) is 47.1 Å². The van der Waals surface area contributed by atoms with Gasteiger partial charge in [0.1, 0.15) is 5.75 Å². The Morgan fingerprint density at radius 2 is 1.84 bits per heavy atom. The van der Waals surface area contributed by atoms with Crippen LogP contribution in [0.3, 0.4) is 0 Å². The summed E-state index contributed by atoms with van der Waals surface area (Å²) < 4.78 is 35.7. The van der Waals surface area contributed by atoms with Crippen molar-refractivity contribution in [3.8, 4) is 5.75 Å². The average Bonchev–Trinajstić information content (AvgIpc) is 3.23. The van der Waals surface area contributed by atoms with Crippen LogP contribution in [0, 0.1) is 5.92 Å². The van der Waals surface area contributed by atoms with Crippen LogP contribution in [-0.2, 0) is 21.4 Å². The Bertz CT molecular complexity index is 1580. The molecule has 0 spiro atoms. The summed E-state index contributed by atoms with van der Waals surface area (Å²) in [5.41, 5.74) is 2.98. The number of carbonyl (C=O) groups excluding carboxylic acids is 1. The molecule has 0 unspecified atom stereocenters. The zero-order valence-corrected chi connectivity index (χ0v) is 22.5. The predicted octanol–water partition coefficient (Wildman–Crippen LogP) is 5.91. The maximum atomic E-state index is 13.3. The molecule has 1 saturated heterocycles. The van der Waals surface area contributed by atoms with Crippen molar-refractivity contribution in [3.63, 3.8) is 0 Å². The molecule has 0 bridgehead atoms. The largest absolute Gasteiger partial charge is 0.492 e. The van der Waals surface area contributed by atoms with Gasteiger partial charge in [-0.25, -0.2) is 8.42 Å². The molecule has 37 heavy (non-hydrogen) atoms. The summed E-state index contributed by atoms with van der Waals surface area (Å²) in [6.07, 6.45) is 1.23. The van der Waals surface area contributed by atoms with Gasteiger partial charge in [-0.05, 0) is 69.2 Å². The third-order valence-electron chi connectivity index (χ3n) is 6.95. The van der Waals surface area contributed by atoms with E-state index < -0.39 is 15.9 Å². The number of rotatable bonds is 7. The third kappa shape index (κ3) is 4.81. The fourth-order valence-electron chi connectivity index (χ4n) is 5.15. The normalized spacial score (nSPS) is 16.8. The van der Waals surface area contributed by atoms with Gasteiger partial charge in [-0.2, -0.15) is 4.31 Å². The number of halogens is 1. The van der Waals surface area contributed by atoms with Crippen molar-refractivity contribution in [2.24, 2.45) is 5.92 Å². The Labute approximate surface area is 222 Å². The second kappa shape index (κ2) is 10.4. The molecule has 1 aliphatic heterocycles. The molecule has 5 rings (SSSR count). The number of anilines is 1. The molecule has 2 heterocycles. The van der Waals surface area contributed by atoms with Gasteiger partial charge >= 0.3 is 0 Å². The number of benzene rings is 3. The first-order chi connectivity index (χ1) is 17.8. The van der Waals surface area contributed by atoms with Gasteiger partial charge in [0.05, 0.1) is 22.4 Å². The van der Waals surface area contributed by atoms with Gasteiger partial charge in [0.15, 0.2) is 0 Å². The Morgan fingerprint density at radius 3 is 2.59 bits per heavy atom. The standard InChI is InChI=1S/C28H30ClN3O4S/c1-3-32-25-10-6-5-9-22(25)23-16-20(11-13-26(23)32)30-28(33)19-8-7-15-31(18-19)37(34,35)21-12-14-27(36-4-2)24(29)17-21/h5-6,9-14,16-17,19H,3-4,7-8,15,18H2,1-2H3,(H,30,33)/t19-/m1/s1. The quantitative estimate of drug-likeness (QED) is 0.317. The van der Waals surface area contributed by atoms with Gasteiger partial charge in [0.2, 0.25) is 15.9 Å². The molecule has 3 aromatic carbocycles. The highest BCUT2D eigenvalue weighted by atomic mass is 35.5. The van der Waals surface area contributed by atoms with Crippen LogP contribution >= 0.6 is 11.6 Å². The fourth-order valence-corrected chi connectivity index (χ4v) is 7.01. The number of hydrogen-bond donors (Lipinski definition) is 1. The van der Waals surface area contributed by atoms with Crippen molar-refractivity contribution in [3.05, 3.63) is 65.7 Å². The van der Waals surface area contributed by atoms with Crippen LogP contribution in [0.4, 0.5) is 5.69 Å². The van der Waals surface area contributed by atoms with Gasteiger partial charge < -0.3 is 14.6 Å². The van der Waals surface area contributed by atoms with Crippen LogP contribution in [0.5, 0.6) is 5.75 Å². The van der Waals surface area contributed by atoms with Crippen molar-refractivity contribution in [2.45, 2.75) is 38.1 Å². The van der Waals surface area contributed by atoms with E-state index in [2.05, 4.69) is 28.9 Å². The number of piperidine rings is 1. The molecule has 1 aromatic heterocycles. The summed E-state index contributed by atoms with van der Waals surface area (Å²) in [6.45, 7) is 5.72. The molecule has 1 N–H and O–H groups in total.